The molecule has 0 aliphatic heterocycles. The van der Waals surface area contributed by atoms with Crippen molar-refractivity contribution in [2.45, 2.75) is 13.3 Å². The Labute approximate surface area is 117 Å². The van der Waals surface area contributed by atoms with Gasteiger partial charge in [0.25, 0.3) is 0 Å². The molecule has 1 heterocycles. The molecule has 2 aromatic rings. The van der Waals surface area contributed by atoms with Gasteiger partial charge in [0.1, 0.15) is 11.6 Å². The van der Waals surface area contributed by atoms with E-state index in [0.717, 1.165) is 12.1 Å². The van der Waals surface area contributed by atoms with Gasteiger partial charge >= 0.3 is 0 Å². The summed E-state index contributed by atoms with van der Waals surface area (Å²) in [6, 6.07) is 2.13. The molecule has 7 heteroatoms. The van der Waals surface area contributed by atoms with E-state index in [1.54, 1.807) is 7.05 Å². The summed E-state index contributed by atoms with van der Waals surface area (Å²) >= 11 is 2.92. The smallest absolute Gasteiger partial charge is 0.152 e. The maximum Gasteiger partial charge on any atom is 0.152 e. The lowest BCUT2D eigenvalue weighted by molar-refractivity contribution is 0.597. The number of nitrogens with one attached hydrogen (secondary N) is 1. The Hall–Kier alpha value is -1.63. The molecule has 4 nitrogen and oxygen atoms in total. The van der Waals surface area contributed by atoms with Crippen molar-refractivity contribution >= 4 is 33.1 Å². The molecule has 0 atom stereocenters. The van der Waals surface area contributed by atoms with E-state index < -0.39 is 11.6 Å². The summed E-state index contributed by atoms with van der Waals surface area (Å²) in [7, 11) is 1.69. The lowest BCUT2D eigenvalue weighted by Crippen LogP contribution is -2.03. The van der Waals surface area contributed by atoms with Gasteiger partial charge in [-0.15, -0.1) is 0 Å². The third kappa shape index (κ3) is 2.56. The van der Waals surface area contributed by atoms with Crippen molar-refractivity contribution in [1.82, 2.24) is 9.78 Å². The van der Waals surface area contributed by atoms with E-state index in [-0.39, 0.29) is 10.2 Å². The molecule has 1 aromatic carbocycles. The SMILES string of the molecule is CCc1nn(C)c(Nc2cc(F)c(Br)cc2F)c1N. The van der Waals surface area contributed by atoms with Crippen molar-refractivity contribution in [3.8, 4) is 0 Å². The third-order valence-corrected chi connectivity index (χ3v) is 3.37. The molecule has 2 rings (SSSR count). The van der Waals surface area contributed by atoms with Crippen molar-refractivity contribution in [2.75, 3.05) is 11.1 Å². The van der Waals surface area contributed by atoms with Crippen LogP contribution in [0.5, 0.6) is 0 Å². The topological polar surface area (TPSA) is 55.9 Å². The van der Waals surface area contributed by atoms with Crippen LogP contribution in [0.2, 0.25) is 0 Å². The molecule has 0 bridgehead atoms. The van der Waals surface area contributed by atoms with Crippen LogP contribution in [0, 0.1) is 11.6 Å². The van der Waals surface area contributed by atoms with Crippen LogP contribution in [-0.2, 0) is 13.5 Å². The zero-order valence-electron chi connectivity index (χ0n) is 10.5. The predicted octanol–water partition coefficient (Wildman–Crippen LogP) is 3.35. The summed E-state index contributed by atoms with van der Waals surface area (Å²) in [5.74, 6) is -0.690. The average molecular weight is 331 g/mol. The molecule has 19 heavy (non-hydrogen) atoms. The van der Waals surface area contributed by atoms with Gasteiger partial charge in [0.2, 0.25) is 0 Å². The molecule has 0 saturated heterocycles. The van der Waals surface area contributed by atoms with Crippen molar-refractivity contribution in [3.63, 3.8) is 0 Å². The largest absolute Gasteiger partial charge is 0.394 e. The van der Waals surface area contributed by atoms with Crippen LogP contribution in [0.1, 0.15) is 12.6 Å². The first-order valence-electron chi connectivity index (χ1n) is 5.67. The minimum atomic E-state index is -0.577. The van der Waals surface area contributed by atoms with E-state index in [4.69, 9.17) is 5.73 Å². The second kappa shape index (κ2) is 5.16. The van der Waals surface area contributed by atoms with Crippen LogP contribution in [0.15, 0.2) is 16.6 Å². The van der Waals surface area contributed by atoms with E-state index >= 15 is 0 Å². The molecule has 0 spiro atoms. The highest BCUT2D eigenvalue weighted by Gasteiger charge is 2.15. The van der Waals surface area contributed by atoms with Crippen LogP contribution in [0.25, 0.3) is 0 Å². The fourth-order valence-corrected chi connectivity index (χ4v) is 2.07. The number of rotatable bonds is 3. The number of halogens is 3. The second-order valence-corrected chi connectivity index (χ2v) is 4.91. The molecule has 3 N–H and O–H groups in total. The molecular formula is C12H13BrF2N4. The summed E-state index contributed by atoms with van der Waals surface area (Å²) in [6.45, 7) is 1.92. The number of aryl methyl sites for hydroxylation is 2. The van der Waals surface area contributed by atoms with Crippen molar-refractivity contribution in [2.24, 2.45) is 7.05 Å². The number of nitrogens with zero attached hydrogens (tertiary/aromatic N) is 2. The summed E-state index contributed by atoms with van der Waals surface area (Å²) in [6.07, 6.45) is 0.665. The average Bonchev–Trinajstić information content (AvgIpc) is 2.63. The van der Waals surface area contributed by atoms with Crippen molar-refractivity contribution in [3.05, 3.63) is 33.9 Å². The van der Waals surface area contributed by atoms with Gasteiger partial charge in [-0.25, -0.2) is 8.78 Å². The molecule has 1 aromatic heterocycles. The Morgan fingerprint density at radius 3 is 2.63 bits per heavy atom. The van der Waals surface area contributed by atoms with Crippen molar-refractivity contribution in [1.29, 1.82) is 0 Å². The molecule has 0 saturated carbocycles. The van der Waals surface area contributed by atoms with Gasteiger partial charge in [0.15, 0.2) is 5.82 Å². The first kappa shape index (κ1) is 13.8. The van der Waals surface area contributed by atoms with Gasteiger partial charge < -0.3 is 11.1 Å². The van der Waals surface area contributed by atoms with Gasteiger partial charge in [-0.3, -0.25) is 4.68 Å². The van der Waals surface area contributed by atoms with Crippen LogP contribution in [-0.4, -0.2) is 9.78 Å². The first-order chi connectivity index (χ1) is 8.93. The Morgan fingerprint density at radius 1 is 1.37 bits per heavy atom. The number of aromatic nitrogens is 2. The van der Waals surface area contributed by atoms with E-state index in [1.165, 1.54) is 4.68 Å². The normalized spacial score (nSPS) is 10.8. The number of nitrogen functional groups attached to an aromatic ring is 1. The maximum atomic E-state index is 13.7. The highest BCUT2D eigenvalue weighted by Crippen LogP contribution is 2.29. The molecule has 0 unspecified atom stereocenters. The zero-order chi connectivity index (χ0) is 14.2. The monoisotopic (exact) mass is 330 g/mol. The molecule has 0 aliphatic rings. The quantitative estimate of drug-likeness (QED) is 0.848. The van der Waals surface area contributed by atoms with Gasteiger partial charge in [-0.2, -0.15) is 5.10 Å². The second-order valence-electron chi connectivity index (χ2n) is 4.06. The highest BCUT2D eigenvalue weighted by molar-refractivity contribution is 9.10. The van der Waals surface area contributed by atoms with E-state index in [1.807, 2.05) is 6.92 Å². The summed E-state index contributed by atoms with van der Waals surface area (Å²) in [4.78, 5) is 0. The Kier molecular flexibility index (Phi) is 3.75. The fourth-order valence-electron chi connectivity index (χ4n) is 1.75. The van der Waals surface area contributed by atoms with Gasteiger partial charge in [0.05, 0.1) is 21.5 Å². The predicted molar refractivity (Wildman–Crippen MR) is 74.3 cm³/mol. The minimum absolute atomic E-state index is 0.0121. The molecule has 0 fully saturated rings. The first-order valence-corrected chi connectivity index (χ1v) is 6.46. The molecule has 0 amide bonds. The van der Waals surface area contributed by atoms with Crippen LogP contribution >= 0.6 is 15.9 Å². The van der Waals surface area contributed by atoms with Crippen molar-refractivity contribution < 1.29 is 8.78 Å². The number of hydrogen-bond acceptors (Lipinski definition) is 3. The number of nitrogens with two attached hydrogens (primary N) is 1. The van der Waals surface area contributed by atoms with E-state index in [2.05, 4.69) is 26.3 Å². The van der Waals surface area contributed by atoms with Gasteiger partial charge in [-0.1, -0.05) is 6.92 Å². The molecule has 0 radical (unpaired) electrons. The van der Waals surface area contributed by atoms with Gasteiger partial charge in [-0.05, 0) is 28.4 Å². The highest BCUT2D eigenvalue weighted by atomic mass is 79.9. The van der Waals surface area contributed by atoms with E-state index in [0.29, 0.717) is 23.6 Å². The van der Waals surface area contributed by atoms with Crippen LogP contribution in [0.3, 0.4) is 0 Å². The molecular weight excluding hydrogens is 318 g/mol. The van der Waals surface area contributed by atoms with E-state index in [9.17, 15) is 8.78 Å². The fraction of sp³-hybridized carbons (Fsp3) is 0.250. The summed E-state index contributed by atoms with van der Waals surface area (Å²) in [5, 5.41) is 6.97. The lowest BCUT2D eigenvalue weighted by Gasteiger charge is -2.09. The van der Waals surface area contributed by atoms with Crippen LogP contribution < -0.4 is 11.1 Å². The van der Waals surface area contributed by atoms with Crippen LogP contribution in [0.4, 0.5) is 26.0 Å². The standard InChI is InChI=1S/C12H13BrF2N4/c1-3-9-11(16)12(19(2)18-9)17-10-5-7(14)6(13)4-8(10)15/h4-5,17H,3,16H2,1-2H3. The Bertz CT molecular complexity index is 625. The summed E-state index contributed by atoms with van der Waals surface area (Å²) in [5.41, 5.74) is 7.07. The Morgan fingerprint density at radius 2 is 2.05 bits per heavy atom. The number of benzene rings is 1. The molecule has 0 aliphatic carbocycles. The van der Waals surface area contributed by atoms with Gasteiger partial charge in [0, 0.05) is 13.1 Å². The number of hydrogen-bond donors (Lipinski definition) is 2. The maximum absolute atomic E-state index is 13.7. The minimum Gasteiger partial charge on any atom is -0.394 e. The summed E-state index contributed by atoms with van der Waals surface area (Å²) < 4.78 is 28.7. The zero-order valence-corrected chi connectivity index (χ0v) is 12.1. The Balaban J connectivity index is 2.42. The third-order valence-electron chi connectivity index (χ3n) is 2.76. The lowest BCUT2D eigenvalue weighted by atomic mass is 10.2. The number of anilines is 3. The molecule has 102 valence electrons.